The summed E-state index contributed by atoms with van der Waals surface area (Å²) in [5.41, 5.74) is -1.70. The van der Waals surface area contributed by atoms with Gasteiger partial charge >= 0.3 is 5.97 Å². The van der Waals surface area contributed by atoms with Crippen LogP contribution in [0.3, 0.4) is 0 Å². The van der Waals surface area contributed by atoms with Crippen LogP contribution < -0.4 is 0 Å². The first-order valence-electron chi connectivity index (χ1n) is 6.76. The van der Waals surface area contributed by atoms with Crippen LogP contribution in [0, 0.1) is 15.5 Å². The van der Waals surface area contributed by atoms with Crippen LogP contribution in [0.5, 0.6) is 0 Å². The van der Waals surface area contributed by atoms with Crippen LogP contribution >= 0.6 is 11.6 Å². The molecule has 1 aliphatic rings. The molecule has 0 spiro atoms. The van der Waals surface area contributed by atoms with E-state index in [2.05, 4.69) is 0 Å². The van der Waals surface area contributed by atoms with Gasteiger partial charge in [0, 0.05) is 31.3 Å². The molecule has 0 aliphatic carbocycles. The minimum absolute atomic E-state index is 0.0329. The summed E-state index contributed by atoms with van der Waals surface area (Å²) < 4.78 is 4.96. The maximum atomic E-state index is 12.5. The van der Waals surface area contributed by atoms with Gasteiger partial charge in [0.25, 0.3) is 11.6 Å². The zero-order valence-electron chi connectivity index (χ0n) is 12.3. The smallest absolute Gasteiger partial charge is 0.313 e. The van der Waals surface area contributed by atoms with E-state index in [1.54, 1.807) is 0 Å². The number of hydrogen-bond donors (Lipinski definition) is 1. The number of nitro benzene ring substituents is 1. The molecule has 1 aromatic carbocycles. The number of ether oxygens (including phenoxy) is 1. The van der Waals surface area contributed by atoms with E-state index in [-0.39, 0.29) is 36.7 Å². The van der Waals surface area contributed by atoms with Crippen molar-refractivity contribution in [1.82, 2.24) is 4.90 Å². The molecule has 1 aromatic rings. The average Bonchev–Trinajstić information content (AvgIpc) is 2.92. The molecule has 1 unspecified atom stereocenters. The van der Waals surface area contributed by atoms with E-state index in [0.717, 1.165) is 6.07 Å². The fourth-order valence-corrected chi connectivity index (χ4v) is 2.85. The molecule has 1 amide bonds. The highest BCUT2D eigenvalue weighted by molar-refractivity contribution is 6.31. The van der Waals surface area contributed by atoms with Crippen LogP contribution in [0.15, 0.2) is 18.2 Å². The number of hydrogen-bond acceptors (Lipinski definition) is 5. The molecular formula is C14H15ClN2O6. The van der Waals surface area contributed by atoms with Gasteiger partial charge < -0.3 is 14.7 Å². The van der Waals surface area contributed by atoms with Crippen LogP contribution in [0.1, 0.15) is 16.8 Å². The summed E-state index contributed by atoms with van der Waals surface area (Å²) in [7, 11) is 1.39. The van der Waals surface area contributed by atoms with Crippen molar-refractivity contribution in [3.63, 3.8) is 0 Å². The van der Waals surface area contributed by atoms with Crippen LogP contribution in [-0.4, -0.2) is 53.6 Å². The normalized spacial score (nSPS) is 20.5. The van der Waals surface area contributed by atoms with Gasteiger partial charge in [-0.3, -0.25) is 19.7 Å². The number of carbonyl (C=O) groups excluding carboxylic acids is 1. The minimum atomic E-state index is -1.19. The Morgan fingerprint density at radius 2 is 2.22 bits per heavy atom. The van der Waals surface area contributed by atoms with E-state index < -0.39 is 27.9 Å². The maximum absolute atomic E-state index is 12.5. The molecule has 1 N–H and O–H groups in total. The predicted molar refractivity (Wildman–Crippen MR) is 80.6 cm³/mol. The quantitative estimate of drug-likeness (QED) is 0.645. The molecule has 23 heavy (non-hydrogen) atoms. The number of carboxylic acid groups (broad SMARTS) is 1. The van der Waals surface area contributed by atoms with Crippen molar-refractivity contribution in [2.24, 2.45) is 5.41 Å². The van der Waals surface area contributed by atoms with Crippen LogP contribution in [0.2, 0.25) is 5.02 Å². The summed E-state index contributed by atoms with van der Waals surface area (Å²) in [5, 5.41) is 20.6. The first-order chi connectivity index (χ1) is 10.8. The summed E-state index contributed by atoms with van der Waals surface area (Å²) in [6.07, 6.45) is 0.225. The van der Waals surface area contributed by atoms with E-state index >= 15 is 0 Å². The molecule has 2 rings (SSSR count). The SMILES string of the molecule is COCC1(C(=O)O)CCN(C(=O)c2ccc(Cl)cc2[N+](=O)[O-])C1. The number of halogens is 1. The van der Waals surface area contributed by atoms with Crippen LogP contribution in [-0.2, 0) is 9.53 Å². The molecule has 1 heterocycles. The standard InChI is InChI=1S/C14H15ClN2O6/c1-23-8-14(13(19)20)4-5-16(7-14)12(18)10-3-2-9(15)6-11(10)17(21)22/h2-3,6H,4-5,7-8H2,1H3,(H,19,20). The van der Waals surface area contributed by atoms with Crippen molar-refractivity contribution < 1.29 is 24.4 Å². The first-order valence-corrected chi connectivity index (χ1v) is 7.14. The van der Waals surface area contributed by atoms with Crippen LogP contribution in [0.25, 0.3) is 0 Å². The highest BCUT2D eigenvalue weighted by Crippen LogP contribution is 2.33. The molecular weight excluding hydrogens is 328 g/mol. The lowest BCUT2D eigenvalue weighted by Gasteiger charge is -2.23. The fourth-order valence-electron chi connectivity index (χ4n) is 2.68. The summed E-state index contributed by atoms with van der Waals surface area (Å²) in [6.45, 7) is 0.0951. The number of likely N-dealkylation sites (tertiary alicyclic amines) is 1. The molecule has 0 saturated carbocycles. The topological polar surface area (TPSA) is 110 Å². The number of carbonyl (C=O) groups is 2. The Morgan fingerprint density at radius 1 is 1.52 bits per heavy atom. The number of methoxy groups -OCH3 is 1. The van der Waals surface area contributed by atoms with Crippen LogP contribution in [0.4, 0.5) is 5.69 Å². The second-order valence-corrected chi connectivity index (χ2v) is 5.85. The molecule has 1 atom stereocenters. The molecule has 0 aromatic heterocycles. The lowest BCUT2D eigenvalue weighted by Crippen LogP contribution is -2.40. The Kier molecular flexibility index (Phi) is 4.86. The number of aliphatic carboxylic acids is 1. The summed E-state index contributed by atoms with van der Waals surface area (Å²) in [6, 6.07) is 3.77. The lowest BCUT2D eigenvalue weighted by molar-refractivity contribution is -0.385. The van der Waals surface area contributed by atoms with Crippen molar-refractivity contribution in [3.05, 3.63) is 38.9 Å². The number of nitrogens with zero attached hydrogens (tertiary/aromatic N) is 2. The molecule has 0 bridgehead atoms. The summed E-state index contributed by atoms with van der Waals surface area (Å²) in [4.78, 5) is 35.7. The van der Waals surface area contributed by atoms with E-state index in [9.17, 15) is 24.8 Å². The van der Waals surface area contributed by atoms with E-state index in [0.29, 0.717) is 0 Å². The zero-order valence-corrected chi connectivity index (χ0v) is 13.1. The second-order valence-electron chi connectivity index (χ2n) is 5.41. The van der Waals surface area contributed by atoms with Gasteiger partial charge in [0.15, 0.2) is 0 Å². The van der Waals surface area contributed by atoms with Crippen molar-refractivity contribution in [3.8, 4) is 0 Å². The Balaban J connectivity index is 2.29. The number of benzene rings is 1. The lowest BCUT2D eigenvalue weighted by atomic mass is 9.88. The molecule has 1 saturated heterocycles. The number of amides is 1. The van der Waals surface area contributed by atoms with Crippen molar-refractivity contribution in [1.29, 1.82) is 0 Å². The second kappa shape index (κ2) is 6.51. The first kappa shape index (κ1) is 17.2. The van der Waals surface area contributed by atoms with E-state index in [1.807, 2.05) is 0 Å². The monoisotopic (exact) mass is 342 g/mol. The number of carboxylic acids is 1. The van der Waals surface area contributed by atoms with Gasteiger partial charge in [-0.05, 0) is 18.6 Å². The predicted octanol–water partition coefficient (Wildman–Crippen LogP) is 1.81. The molecule has 1 aliphatic heterocycles. The van der Waals surface area contributed by atoms with Crippen molar-refractivity contribution >= 4 is 29.2 Å². The Bertz CT molecular complexity index is 665. The third-order valence-corrected chi connectivity index (χ3v) is 4.14. The minimum Gasteiger partial charge on any atom is -0.481 e. The summed E-state index contributed by atoms with van der Waals surface area (Å²) in [5.74, 6) is -1.65. The number of rotatable bonds is 5. The Morgan fingerprint density at radius 3 is 2.78 bits per heavy atom. The number of nitro groups is 1. The zero-order chi connectivity index (χ0) is 17.2. The van der Waals surface area contributed by atoms with Crippen molar-refractivity contribution in [2.75, 3.05) is 26.8 Å². The van der Waals surface area contributed by atoms with Gasteiger partial charge in [-0.15, -0.1) is 0 Å². The maximum Gasteiger partial charge on any atom is 0.313 e. The van der Waals surface area contributed by atoms with Gasteiger partial charge in [0.05, 0.1) is 11.5 Å². The highest BCUT2D eigenvalue weighted by atomic mass is 35.5. The van der Waals surface area contributed by atoms with E-state index in [1.165, 1.54) is 24.1 Å². The molecule has 0 radical (unpaired) electrons. The van der Waals surface area contributed by atoms with Crippen molar-refractivity contribution in [2.45, 2.75) is 6.42 Å². The Hall–Kier alpha value is -2.19. The van der Waals surface area contributed by atoms with Gasteiger partial charge in [-0.25, -0.2) is 0 Å². The molecule has 9 heteroatoms. The third kappa shape index (κ3) is 3.27. The molecule has 1 fully saturated rings. The van der Waals surface area contributed by atoms with Gasteiger partial charge in [-0.1, -0.05) is 11.6 Å². The highest BCUT2D eigenvalue weighted by Gasteiger charge is 2.47. The van der Waals surface area contributed by atoms with Gasteiger partial charge in [0.1, 0.15) is 11.0 Å². The molecule has 8 nitrogen and oxygen atoms in total. The Labute approximate surface area is 136 Å². The average molecular weight is 343 g/mol. The fraction of sp³-hybridized carbons (Fsp3) is 0.429. The third-order valence-electron chi connectivity index (χ3n) is 3.90. The van der Waals surface area contributed by atoms with Gasteiger partial charge in [0.2, 0.25) is 0 Å². The largest absolute Gasteiger partial charge is 0.481 e. The van der Waals surface area contributed by atoms with Gasteiger partial charge in [-0.2, -0.15) is 0 Å². The van der Waals surface area contributed by atoms with E-state index in [4.69, 9.17) is 16.3 Å². The summed E-state index contributed by atoms with van der Waals surface area (Å²) >= 11 is 5.73. The molecule has 124 valence electrons.